The van der Waals surface area contributed by atoms with Crippen LogP contribution in [-0.2, 0) is 4.74 Å². The van der Waals surface area contributed by atoms with Crippen molar-refractivity contribution in [1.29, 1.82) is 5.26 Å². The summed E-state index contributed by atoms with van der Waals surface area (Å²) in [6, 6.07) is 10.3. The molecule has 0 aliphatic heterocycles. The van der Waals surface area contributed by atoms with Gasteiger partial charge in [0.05, 0.1) is 17.7 Å². The topological polar surface area (TPSA) is 33.0 Å². The van der Waals surface area contributed by atoms with E-state index in [1.54, 1.807) is 0 Å². The van der Waals surface area contributed by atoms with Gasteiger partial charge < -0.3 is 4.74 Å². The van der Waals surface area contributed by atoms with E-state index in [1.165, 1.54) is 50.5 Å². The fourth-order valence-corrected chi connectivity index (χ4v) is 3.29. The number of allylic oxidation sites excluding steroid dienone is 2. The number of hydrogen-bond acceptors (Lipinski definition) is 2. The summed E-state index contributed by atoms with van der Waals surface area (Å²) in [5, 5.41) is 8.87. The molecule has 1 aromatic rings. The molecule has 1 aliphatic carbocycles. The van der Waals surface area contributed by atoms with Gasteiger partial charge in [-0.25, -0.2) is 0 Å². The van der Waals surface area contributed by atoms with Crippen LogP contribution in [0.3, 0.4) is 0 Å². The van der Waals surface area contributed by atoms with E-state index in [4.69, 9.17) is 10.00 Å². The molecule has 2 heteroatoms. The summed E-state index contributed by atoms with van der Waals surface area (Å²) in [5.74, 6) is 0.641. The van der Waals surface area contributed by atoms with Crippen molar-refractivity contribution in [3.05, 3.63) is 47.5 Å². The Morgan fingerprint density at radius 1 is 1.09 bits per heavy atom. The number of nitriles is 1. The molecule has 23 heavy (non-hydrogen) atoms. The Balaban J connectivity index is 1.62. The molecule has 0 N–H and O–H groups in total. The number of rotatable bonds is 8. The Bertz CT molecular complexity index is 504. The van der Waals surface area contributed by atoms with Crippen LogP contribution in [0.15, 0.2) is 36.4 Å². The number of benzene rings is 1. The lowest BCUT2D eigenvalue weighted by molar-refractivity contribution is 0.0229. The van der Waals surface area contributed by atoms with Crippen molar-refractivity contribution >= 4 is 0 Å². The smallest absolute Gasteiger partial charge is 0.0991 e. The van der Waals surface area contributed by atoms with E-state index in [0.717, 1.165) is 18.6 Å². The van der Waals surface area contributed by atoms with Crippen LogP contribution in [0, 0.1) is 11.3 Å². The van der Waals surface area contributed by atoms with Gasteiger partial charge in [-0.3, -0.25) is 0 Å². The fourth-order valence-electron chi connectivity index (χ4n) is 3.29. The van der Waals surface area contributed by atoms with Gasteiger partial charge >= 0.3 is 0 Å². The van der Waals surface area contributed by atoms with Gasteiger partial charge in [-0.15, -0.1) is 0 Å². The monoisotopic (exact) mass is 311 g/mol. The van der Waals surface area contributed by atoms with Crippen molar-refractivity contribution in [2.75, 3.05) is 6.61 Å². The Labute approximate surface area is 141 Å². The van der Waals surface area contributed by atoms with E-state index in [1.807, 2.05) is 12.1 Å². The predicted octanol–water partition coefficient (Wildman–Crippen LogP) is 5.74. The predicted molar refractivity (Wildman–Crippen MR) is 95.4 cm³/mol. The van der Waals surface area contributed by atoms with Crippen LogP contribution in [0.1, 0.15) is 75.3 Å². The van der Waals surface area contributed by atoms with Crippen LogP contribution in [0.4, 0.5) is 0 Å². The SMILES string of the molecule is CCC=CCCCCOC1CCC(c2ccc(C#N)cc2)CC1. The molecule has 0 amide bonds. The molecule has 2 rings (SSSR count). The number of ether oxygens (including phenoxy) is 1. The first-order valence-electron chi connectivity index (χ1n) is 9.10. The van der Waals surface area contributed by atoms with E-state index in [-0.39, 0.29) is 0 Å². The Morgan fingerprint density at radius 2 is 1.83 bits per heavy atom. The second-order valence-electron chi connectivity index (χ2n) is 6.45. The molecule has 0 radical (unpaired) electrons. The highest BCUT2D eigenvalue weighted by molar-refractivity contribution is 5.33. The van der Waals surface area contributed by atoms with Crippen LogP contribution in [0.25, 0.3) is 0 Å². The zero-order chi connectivity index (χ0) is 16.3. The first-order valence-corrected chi connectivity index (χ1v) is 9.10. The Morgan fingerprint density at radius 3 is 2.48 bits per heavy atom. The average Bonchev–Trinajstić information content (AvgIpc) is 2.61. The van der Waals surface area contributed by atoms with Crippen molar-refractivity contribution < 1.29 is 4.74 Å². The van der Waals surface area contributed by atoms with Gasteiger partial charge in [-0.2, -0.15) is 5.26 Å². The lowest BCUT2D eigenvalue weighted by atomic mass is 9.82. The zero-order valence-corrected chi connectivity index (χ0v) is 14.3. The molecule has 0 aromatic heterocycles. The van der Waals surface area contributed by atoms with Crippen molar-refractivity contribution in [3.63, 3.8) is 0 Å². The molecular weight excluding hydrogens is 282 g/mol. The Hall–Kier alpha value is -1.59. The number of hydrogen-bond donors (Lipinski definition) is 0. The standard InChI is InChI=1S/C21H29NO/c1-2-3-4-5-6-7-16-23-21-14-12-20(13-15-21)19-10-8-18(17-22)9-11-19/h3-4,8-11,20-21H,2,5-7,12-16H2,1H3. The van der Waals surface area contributed by atoms with Crippen LogP contribution in [0.5, 0.6) is 0 Å². The first-order chi connectivity index (χ1) is 11.3. The minimum Gasteiger partial charge on any atom is -0.378 e. The maximum atomic E-state index is 8.87. The van der Waals surface area contributed by atoms with Gasteiger partial charge in [-0.05, 0) is 75.0 Å². The minimum atomic E-state index is 0.454. The van der Waals surface area contributed by atoms with Crippen LogP contribution < -0.4 is 0 Å². The van der Waals surface area contributed by atoms with Crippen LogP contribution >= 0.6 is 0 Å². The summed E-state index contributed by atoms with van der Waals surface area (Å²) < 4.78 is 6.04. The summed E-state index contributed by atoms with van der Waals surface area (Å²) in [7, 11) is 0. The number of nitrogens with zero attached hydrogens (tertiary/aromatic N) is 1. The maximum Gasteiger partial charge on any atom is 0.0991 e. The highest BCUT2D eigenvalue weighted by Gasteiger charge is 2.22. The van der Waals surface area contributed by atoms with Gasteiger partial charge in [0.15, 0.2) is 0 Å². The molecule has 0 saturated heterocycles. The quantitative estimate of drug-likeness (QED) is 0.453. The summed E-state index contributed by atoms with van der Waals surface area (Å²) >= 11 is 0. The fraction of sp³-hybridized carbons (Fsp3) is 0.571. The zero-order valence-electron chi connectivity index (χ0n) is 14.3. The lowest BCUT2D eigenvalue weighted by Gasteiger charge is -2.29. The molecule has 0 bridgehead atoms. The molecule has 1 aliphatic rings. The molecule has 124 valence electrons. The normalized spacial score (nSPS) is 21.4. The molecule has 1 saturated carbocycles. The van der Waals surface area contributed by atoms with Gasteiger partial charge in [-0.1, -0.05) is 31.2 Å². The van der Waals surface area contributed by atoms with Gasteiger partial charge in [0.2, 0.25) is 0 Å². The molecule has 0 unspecified atom stereocenters. The first kappa shape index (κ1) is 17.8. The summed E-state index contributed by atoms with van der Waals surface area (Å²) in [6.45, 7) is 3.08. The van der Waals surface area contributed by atoms with Crippen LogP contribution in [-0.4, -0.2) is 12.7 Å². The minimum absolute atomic E-state index is 0.454. The molecule has 0 spiro atoms. The maximum absolute atomic E-state index is 8.87. The molecule has 2 nitrogen and oxygen atoms in total. The molecule has 1 aromatic carbocycles. The van der Waals surface area contributed by atoms with E-state index in [0.29, 0.717) is 12.0 Å². The van der Waals surface area contributed by atoms with E-state index < -0.39 is 0 Å². The van der Waals surface area contributed by atoms with Crippen molar-refractivity contribution in [3.8, 4) is 6.07 Å². The van der Waals surface area contributed by atoms with Crippen molar-refractivity contribution in [2.24, 2.45) is 0 Å². The van der Waals surface area contributed by atoms with Gasteiger partial charge in [0.25, 0.3) is 0 Å². The van der Waals surface area contributed by atoms with E-state index in [2.05, 4.69) is 37.3 Å². The third-order valence-corrected chi connectivity index (χ3v) is 4.71. The van der Waals surface area contributed by atoms with Crippen molar-refractivity contribution in [1.82, 2.24) is 0 Å². The second-order valence-corrected chi connectivity index (χ2v) is 6.45. The molecular formula is C21H29NO. The van der Waals surface area contributed by atoms with E-state index >= 15 is 0 Å². The third kappa shape index (κ3) is 6.20. The highest BCUT2D eigenvalue weighted by Crippen LogP contribution is 2.34. The highest BCUT2D eigenvalue weighted by atomic mass is 16.5. The number of unbranched alkanes of at least 4 members (excludes halogenated alkanes) is 2. The summed E-state index contributed by atoms with van der Waals surface area (Å²) in [4.78, 5) is 0. The largest absolute Gasteiger partial charge is 0.378 e. The molecule has 0 atom stereocenters. The Kier molecular flexibility index (Phi) is 7.90. The lowest BCUT2D eigenvalue weighted by Crippen LogP contribution is -2.21. The summed E-state index contributed by atoms with van der Waals surface area (Å²) in [6.07, 6.45) is 14.4. The molecule has 0 heterocycles. The van der Waals surface area contributed by atoms with Gasteiger partial charge in [0, 0.05) is 6.61 Å². The molecule has 1 fully saturated rings. The van der Waals surface area contributed by atoms with E-state index in [9.17, 15) is 0 Å². The summed E-state index contributed by atoms with van der Waals surface area (Å²) in [5.41, 5.74) is 2.13. The average molecular weight is 311 g/mol. The second kappa shape index (κ2) is 10.2. The van der Waals surface area contributed by atoms with Gasteiger partial charge in [0.1, 0.15) is 0 Å². The van der Waals surface area contributed by atoms with Crippen LogP contribution in [0.2, 0.25) is 0 Å². The van der Waals surface area contributed by atoms with Crippen molar-refractivity contribution in [2.45, 2.75) is 70.3 Å². The third-order valence-electron chi connectivity index (χ3n) is 4.71.